The van der Waals surface area contributed by atoms with Gasteiger partial charge in [-0.3, -0.25) is 0 Å². The van der Waals surface area contributed by atoms with E-state index in [0.29, 0.717) is 0 Å². The average Bonchev–Trinajstić information content (AvgIpc) is 2.50. The predicted octanol–water partition coefficient (Wildman–Crippen LogP) is 3.05. The van der Waals surface area contributed by atoms with Crippen LogP contribution in [0.15, 0.2) is 11.4 Å². The number of unbranched alkanes of at least 4 members (excludes halogenated alkanes) is 2. The molecule has 0 amide bonds. The van der Waals surface area contributed by atoms with Crippen molar-refractivity contribution in [1.82, 2.24) is 4.37 Å². The smallest absolute Gasteiger partial charge is 0.0542 e. The zero-order chi connectivity index (χ0) is 7.94. The Kier molecular flexibility index (Phi) is 4.62. The maximum atomic E-state index is 4.85. The Morgan fingerprint density at radius 3 is 2.91 bits per heavy atom. The second-order valence-corrected chi connectivity index (χ2v) is 3.58. The van der Waals surface area contributed by atoms with Crippen molar-refractivity contribution in [2.75, 3.05) is 5.75 Å². The normalized spacial score (nSPS) is 10.3. The molecule has 0 bridgehead atoms. The number of hydrogen-bond donors (Lipinski definition) is 0. The minimum atomic E-state index is 0.900. The minimum absolute atomic E-state index is 0.900. The number of aromatic nitrogens is 1. The highest BCUT2D eigenvalue weighted by Crippen LogP contribution is 2.06. The van der Waals surface area contributed by atoms with Gasteiger partial charge in [-0.05, 0) is 36.9 Å². The van der Waals surface area contributed by atoms with E-state index in [0.717, 1.165) is 12.2 Å². The van der Waals surface area contributed by atoms with E-state index in [-0.39, 0.29) is 0 Å². The first-order valence-corrected chi connectivity index (χ1v) is 5.32. The topological polar surface area (TPSA) is 12.9 Å². The Morgan fingerprint density at radius 2 is 2.27 bits per heavy atom. The summed E-state index contributed by atoms with van der Waals surface area (Å²) in [7, 11) is 0. The molecule has 1 heterocycles. The van der Waals surface area contributed by atoms with E-state index < -0.39 is 0 Å². The van der Waals surface area contributed by atoms with Crippen molar-refractivity contribution in [1.29, 1.82) is 0 Å². The van der Waals surface area contributed by atoms with Crippen molar-refractivity contribution in [2.24, 2.45) is 0 Å². The molecule has 0 N–H and O–H groups in total. The van der Waals surface area contributed by atoms with Crippen LogP contribution in [0, 0.1) is 0 Å². The molecule has 0 atom stereocenters. The summed E-state index contributed by atoms with van der Waals surface area (Å²) in [6, 6.07) is 2.10. The third-order valence-electron chi connectivity index (χ3n) is 1.57. The van der Waals surface area contributed by atoms with Gasteiger partial charge in [0.2, 0.25) is 0 Å². The first-order chi connectivity index (χ1) is 5.43. The third-order valence-corrected chi connectivity index (χ3v) is 2.45. The van der Waals surface area contributed by atoms with Crippen molar-refractivity contribution in [2.45, 2.75) is 25.7 Å². The van der Waals surface area contributed by atoms with Gasteiger partial charge in [-0.25, -0.2) is 0 Å². The molecule has 0 saturated heterocycles. The van der Waals surface area contributed by atoms with Gasteiger partial charge >= 0.3 is 0 Å². The summed E-state index contributed by atoms with van der Waals surface area (Å²) >= 11 is 6.38. The van der Waals surface area contributed by atoms with E-state index in [9.17, 15) is 0 Å². The first-order valence-electron chi connectivity index (χ1n) is 3.91. The lowest BCUT2D eigenvalue weighted by Crippen LogP contribution is -1.85. The molecule has 1 nitrogen and oxygen atoms in total. The largest absolute Gasteiger partial charge is 0.198 e. The zero-order valence-electron chi connectivity index (χ0n) is 6.45. The van der Waals surface area contributed by atoms with Gasteiger partial charge in [0, 0.05) is 11.1 Å². The number of aryl methyl sites for hydroxylation is 1. The highest BCUT2D eigenvalue weighted by molar-refractivity contribution is 7.80. The SMILES string of the molecule is [S]CCCCCc1ccsn1. The van der Waals surface area contributed by atoms with Crippen molar-refractivity contribution in [3.8, 4) is 0 Å². The van der Waals surface area contributed by atoms with Gasteiger partial charge in [0.15, 0.2) is 0 Å². The maximum absolute atomic E-state index is 4.85. The van der Waals surface area contributed by atoms with Crippen LogP contribution in [0.25, 0.3) is 0 Å². The fourth-order valence-corrected chi connectivity index (χ4v) is 1.72. The van der Waals surface area contributed by atoms with Gasteiger partial charge in [0.05, 0.1) is 5.69 Å². The molecule has 0 fully saturated rings. The van der Waals surface area contributed by atoms with E-state index in [1.807, 2.05) is 5.38 Å². The fraction of sp³-hybridized carbons (Fsp3) is 0.625. The van der Waals surface area contributed by atoms with Gasteiger partial charge in [0.1, 0.15) is 0 Å². The summed E-state index contributed by atoms with van der Waals surface area (Å²) in [6.07, 6.45) is 4.79. The Morgan fingerprint density at radius 1 is 1.36 bits per heavy atom. The highest BCUT2D eigenvalue weighted by atomic mass is 32.1. The molecule has 1 aromatic rings. The summed E-state index contributed by atoms with van der Waals surface area (Å²) in [5, 5.41) is 2.03. The average molecular weight is 186 g/mol. The summed E-state index contributed by atoms with van der Waals surface area (Å²) in [6.45, 7) is 0. The van der Waals surface area contributed by atoms with E-state index in [4.69, 9.17) is 12.6 Å². The van der Waals surface area contributed by atoms with Crippen LogP contribution >= 0.6 is 24.2 Å². The van der Waals surface area contributed by atoms with Gasteiger partial charge in [-0.1, -0.05) is 19.0 Å². The van der Waals surface area contributed by atoms with Crippen LogP contribution in [-0.2, 0) is 6.42 Å². The van der Waals surface area contributed by atoms with Gasteiger partial charge in [-0.2, -0.15) is 4.37 Å². The first kappa shape index (κ1) is 9.07. The summed E-state index contributed by atoms with van der Waals surface area (Å²) < 4.78 is 4.23. The lowest BCUT2D eigenvalue weighted by Gasteiger charge is -1.94. The molecular formula is C8H12NS2. The lowest BCUT2D eigenvalue weighted by atomic mass is 10.2. The maximum Gasteiger partial charge on any atom is 0.0542 e. The molecular weight excluding hydrogens is 174 g/mol. The van der Waals surface area contributed by atoms with E-state index in [1.165, 1.54) is 36.5 Å². The molecule has 11 heavy (non-hydrogen) atoms. The van der Waals surface area contributed by atoms with Crippen LogP contribution in [-0.4, -0.2) is 10.1 Å². The molecule has 1 radical (unpaired) electrons. The molecule has 0 saturated carbocycles. The van der Waals surface area contributed by atoms with Crippen LogP contribution < -0.4 is 0 Å². The van der Waals surface area contributed by atoms with Crippen molar-refractivity contribution in [3.63, 3.8) is 0 Å². The molecule has 0 aliphatic rings. The van der Waals surface area contributed by atoms with Crippen LogP contribution in [0.1, 0.15) is 25.0 Å². The standard InChI is InChI=1S/C8H12NS2/c10-6-3-1-2-4-8-5-7-11-9-8/h5,7H,1-4,6H2. The Labute approximate surface area is 77.4 Å². The summed E-state index contributed by atoms with van der Waals surface area (Å²) in [5.41, 5.74) is 1.24. The quantitative estimate of drug-likeness (QED) is 0.644. The molecule has 1 rings (SSSR count). The van der Waals surface area contributed by atoms with Gasteiger partial charge < -0.3 is 0 Å². The molecule has 0 unspecified atom stereocenters. The molecule has 1 aromatic heterocycles. The second-order valence-electron chi connectivity index (χ2n) is 2.51. The highest BCUT2D eigenvalue weighted by Gasteiger charge is 1.93. The van der Waals surface area contributed by atoms with Crippen LogP contribution in [0.5, 0.6) is 0 Å². The molecule has 0 aliphatic carbocycles. The Bertz CT molecular complexity index is 172. The third kappa shape index (κ3) is 3.77. The van der Waals surface area contributed by atoms with E-state index >= 15 is 0 Å². The van der Waals surface area contributed by atoms with Crippen molar-refractivity contribution >= 4 is 24.2 Å². The van der Waals surface area contributed by atoms with E-state index in [1.54, 1.807) is 0 Å². The minimum Gasteiger partial charge on any atom is -0.198 e. The van der Waals surface area contributed by atoms with E-state index in [2.05, 4.69) is 10.4 Å². The fourth-order valence-electron chi connectivity index (χ4n) is 0.951. The lowest BCUT2D eigenvalue weighted by molar-refractivity contribution is 0.717. The predicted molar refractivity (Wildman–Crippen MR) is 52.1 cm³/mol. The molecule has 61 valence electrons. The molecule has 0 aromatic carbocycles. The number of nitrogens with zero attached hydrogens (tertiary/aromatic N) is 1. The van der Waals surface area contributed by atoms with Gasteiger partial charge in [0.25, 0.3) is 0 Å². The zero-order valence-corrected chi connectivity index (χ0v) is 8.09. The van der Waals surface area contributed by atoms with Gasteiger partial charge in [-0.15, -0.1) is 0 Å². The summed E-state index contributed by atoms with van der Waals surface area (Å²) in [4.78, 5) is 0. The van der Waals surface area contributed by atoms with Crippen LogP contribution in [0.4, 0.5) is 0 Å². The monoisotopic (exact) mass is 186 g/mol. The molecule has 3 heteroatoms. The Hall–Kier alpha value is -0.0200. The number of rotatable bonds is 5. The van der Waals surface area contributed by atoms with Crippen molar-refractivity contribution in [3.05, 3.63) is 17.1 Å². The number of hydrogen-bond acceptors (Lipinski definition) is 2. The van der Waals surface area contributed by atoms with Crippen LogP contribution in [0.3, 0.4) is 0 Å². The second kappa shape index (κ2) is 5.61. The Balaban J connectivity index is 2.04. The van der Waals surface area contributed by atoms with Crippen LogP contribution in [0.2, 0.25) is 0 Å². The molecule has 0 spiro atoms. The summed E-state index contributed by atoms with van der Waals surface area (Å²) in [5.74, 6) is 0.900. The molecule has 0 aliphatic heterocycles. The van der Waals surface area contributed by atoms with Crippen molar-refractivity contribution < 1.29 is 0 Å².